The highest BCUT2D eigenvalue weighted by Gasteiger charge is 2.44. The summed E-state index contributed by atoms with van der Waals surface area (Å²) in [6, 6.07) is 28.7. The molecule has 2 aromatic heterocycles. The average Bonchev–Trinajstić information content (AvgIpc) is 3.63. The molecule has 0 amide bonds. The van der Waals surface area contributed by atoms with E-state index in [4.69, 9.17) is 24.2 Å². The van der Waals surface area contributed by atoms with E-state index in [-0.39, 0.29) is 18.6 Å². The van der Waals surface area contributed by atoms with Crippen LogP contribution in [0.2, 0.25) is 0 Å². The van der Waals surface area contributed by atoms with Crippen molar-refractivity contribution >= 4 is 17.0 Å². The van der Waals surface area contributed by atoms with Gasteiger partial charge in [0.15, 0.2) is 23.2 Å². The molecule has 246 valence electrons. The number of hydrogen-bond donors (Lipinski definition) is 4. The number of nitrogens with zero attached hydrogens (tertiary/aromatic N) is 4. The lowest BCUT2D eigenvalue weighted by atomic mass is 9.91. The Morgan fingerprint density at radius 1 is 0.872 bits per heavy atom. The van der Waals surface area contributed by atoms with Crippen molar-refractivity contribution in [2.75, 3.05) is 25.6 Å². The summed E-state index contributed by atoms with van der Waals surface area (Å²) < 4.78 is 18.7. The van der Waals surface area contributed by atoms with Crippen LogP contribution in [0.3, 0.4) is 0 Å². The lowest BCUT2D eigenvalue weighted by Crippen LogP contribution is -2.33. The van der Waals surface area contributed by atoms with Crippen molar-refractivity contribution in [1.82, 2.24) is 24.8 Å². The molecule has 11 nitrogen and oxygen atoms in total. The normalized spacial score (nSPS) is 19.6. The zero-order chi connectivity index (χ0) is 32.8. The van der Waals surface area contributed by atoms with Crippen LogP contribution in [0.4, 0.5) is 5.82 Å². The number of aromatic nitrogens is 4. The first-order valence-corrected chi connectivity index (χ1v) is 15.9. The molecule has 4 N–H and O–H groups in total. The maximum Gasteiger partial charge on any atom is 0.168 e. The van der Waals surface area contributed by atoms with Crippen LogP contribution >= 0.6 is 0 Å². The molecule has 3 aromatic carbocycles. The Morgan fingerprint density at radius 2 is 1.55 bits per heavy atom. The van der Waals surface area contributed by atoms with E-state index in [9.17, 15) is 10.2 Å². The molecule has 0 bridgehead atoms. The fourth-order valence-corrected chi connectivity index (χ4v) is 5.89. The third-order valence-electron chi connectivity index (χ3n) is 8.19. The smallest absolute Gasteiger partial charge is 0.168 e. The van der Waals surface area contributed by atoms with Crippen molar-refractivity contribution in [3.05, 3.63) is 114 Å². The van der Waals surface area contributed by atoms with Crippen LogP contribution in [0, 0.1) is 0 Å². The van der Waals surface area contributed by atoms with Crippen LogP contribution in [0.5, 0.6) is 5.75 Å². The highest BCUT2D eigenvalue weighted by molar-refractivity contribution is 5.83. The summed E-state index contributed by atoms with van der Waals surface area (Å²) in [4.78, 5) is 14.4. The molecule has 0 saturated carbocycles. The van der Waals surface area contributed by atoms with Crippen molar-refractivity contribution in [3.63, 3.8) is 0 Å². The predicted molar refractivity (Wildman–Crippen MR) is 179 cm³/mol. The summed E-state index contributed by atoms with van der Waals surface area (Å²) in [6.45, 7) is 5.69. The summed E-state index contributed by atoms with van der Waals surface area (Å²) >= 11 is 0. The molecule has 1 saturated heterocycles. The first-order valence-electron chi connectivity index (χ1n) is 15.9. The number of aliphatic hydroxyl groups excluding tert-OH is 2. The number of fused-ring (bicyclic) bond motifs is 1. The minimum atomic E-state index is -1.19. The van der Waals surface area contributed by atoms with Gasteiger partial charge < -0.3 is 35.1 Å². The summed E-state index contributed by atoms with van der Waals surface area (Å²) in [6.07, 6.45) is -2.21. The number of rotatable bonds is 14. The minimum Gasteiger partial charge on any atom is -0.491 e. The van der Waals surface area contributed by atoms with Gasteiger partial charge in [-0.25, -0.2) is 15.0 Å². The molecule has 1 aliphatic rings. The number of aliphatic hydroxyl groups is 2. The Bertz CT molecular complexity index is 1680. The Balaban J connectivity index is 1.28. The molecule has 0 spiro atoms. The SMILES string of the molecule is COCC1OC(n2cnc3c(NCC(c4ccccc4)c4ccccc4)nc(CNCc4ccc(OC(C)C)cc4)nc32)C(O)C1O. The standard InChI is InChI=1S/C36H42N6O5/c1-23(2)46-27-16-14-24(15-17-27)18-37-20-30-40-34(38-19-28(25-10-6-4-7-11-25)26-12-8-5-9-13-26)31-35(41-30)42(22-39-31)36-33(44)32(43)29(47-36)21-45-3/h4-17,22-23,28-29,32-33,36-37,43-44H,18-21H2,1-3H3,(H,38,40,41). The molecular weight excluding hydrogens is 596 g/mol. The third-order valence-corrected chi connectivity index (χ3v) is 8.19. The largest absolute Gasteiger partial charge is 0.491 e. The molecule has 1 fully saturated rings. The van der Waals surface area contributed by atoms with Crippen LogP contribution in [-0.2, 0) is 22.6 Å². The van der Waals surface area contributed by atoms with Crippen molar-refractivity contribution in [2.24, 2.45) is 0 Å². The first kappa shape index (κ1) is 32.5. The van der Waals surface area contributed by atoms with Crippen LogP contribution in [-0.4, -0.2) is 74.4 Å². The number of ether oxygens (including phenoxy) is 3. The maximum atomic E-state index is 10.9. The second-order valence-corrected chi connectivity index (χ2v) is 12.0. The quantitative estimate of drug-likeness (QED) is 0.139. The molecule has 3 heterocycles. The van der Waals surface area contributed by atoms with E-state index < -0.39 is 24.5 Å². The maximum absolute atomic E-state index is 10.9. The van der Waals surface area contributed by atoms with E-state index in [0.29, 0.717) is 42.4 Å². The van der Waals surface area contributed by atoms with E-state index in [0.717, 1.165) is 11.3 Å². The van der Waals surface area contributed by atoms with Gasteiger partial charge in [0, 0.05) is 26.1 Å². The van der Waals surface area contributed by atoms with Gasteiger partial charge >= 0.3 is 0 Å². The Kier molecular flexibility index (Phi) is 10.4. The van der Waals surface area contributed by atoms with Crippen LogP contribution in [0.1, 0.15) is 48.5 Å². The second-order valence-electron chi connectivity index (χ2n) is 12.0. The summed E-state index contributed by atoms with van der Waals surface area (Å²) in [7, 11) is 1.53. The minimum absolute atomic E-state index is 0.0543. The van der Waals surface area contributed by atoms with Gasteiger partial charge in [-0.05, 0) is 42.7 Å². The molecule has 11 heteroatoms. The van der Waals surface area contributed by atoms with Gasteiger partial charge in [-0.3, -0.25) is 4.57 Å². The van der Waals surface area contributed by atoms with E-state index in [1.54, 1.807) is 10.9 Å². The van der Waals surface area contributed by atoms with Crippen molar-refractivity contribution in [1.29, 1.82) is 0 Å². The number of nitrogens with one attached hydrogen (secondary N) is 2. The van der Waals surface area contributed by atoms with Gasteiger partial charge in [0.05, 0.1) is 25.6 Å². The monoisotopic (exact) mass is 638 g/mol. The lowest BCUT2D eigenvalue weighted by molar-refractivity contribution is -0.0580. The summed E-state index contributed by atoms with van der Waals surface area (Å²) in [5.41, 5.74) is 4.47. The molecule has 1 aliphatic heterocycles. The van der Waals surface area contributed by atoms with Crippen LogP contribution in [0.15, 0.2) is 91.3 Å². The number of benzene rings is 3. The van der Waals surface area contributed by atoms with E-state index in [2.05, 4.69) is 39.9 Å². The first-order chi connectivity index (χ1) is 22.9. The van der Waals surface area contributed by atoms with E-state index >= 15 is 0 Å². The highest BCUT2D eigenvalue weighted by atomic mass is 16.6. The topological polar surface area (TPSA) is 136 Å². The Labute approximate surface area is 274 Å². The molecule has 0 aliphatic carbocycles. The number of imidazole rings is 1. The molecule has 4 atom stereocenters. The van der Waals surface area contributed by atoms with E-state index in [1.165, 1.54) is 18.2 Å². The van der Waals surface area contributed by atoms with Crippen LogP contribution < -0.4 is 15.4 Å². The number of anilines is 1. The van der Waals surface area contributed by atoms with Gasteiger partial charge in [-0.15, -0.1) is 0 Å². The summed E-state index contributed by atoms with van der Waals surface area (Å²) in [5, 5.41) is 28.6. The molecular formula is C36H42N6O5. The van der Waals surface area contributed by atoms with Crippen molar-refractivity contribution < 1.29 is 24.4 Å². The number of methoxy groups -OCH3 is 1. The van der Waals surface area contributed by atoms with Gasteiger partial charge in [0.1, 0.15) is 29.9 Å². The molecule has 47 heavy (non-hydrogen) atoms. The number of hydrogen-bond acceptors (Lipinski definition) is 10. The fourth-order valence-electron chi connectivity index (χ4n) is 5.89. The van der Waals surface area contributed by atoms with Gasteiger partial charge in [-0.1, -0.05) is 72.8 Å². The zero-order valence-corrected chi connectivity index (χ0v) is 26.9. The molecule has 5 aromatic rings. The average molecular weight is 639 g/mol. The van der Waals surface area contributed by atoms with Gasteiger partial charge in [0.2, 0.25) is 0 Å². The van der Waals surface area contributed by atoms with E-state index in [1.807, 2.05) is 74.5 Å². The second kappa shape index (κ2) is 15.0. The predicted octanol–water partition coefficient (Wildman–Crippen LogP) is 4.41. The Morgan fingerprint density at radius 3 is 2.19 bits per heavy atom. The third kappa shape index (κ3) is 7.61. The molecule has 4 unspecified atom stereocenters. The summed E-state index contributed by atoms with van der Waals surface area (Å²) in [5.74, 6) is 2.00. The molecule has 0 radical (unpaired) electrons. The lowest BCUT2D eigenvalue weighted by Gasteiger charge is -2.20. The Hall–Kier alpha value is -4.39. The van der Waals surface area contributed by atoms with Gasteiger partial charge in [-0.2, -0.15) is 0 Å². The van der Waals surface area contributed by atoms with Crippen molar-refractivity contribution in [3.8, 4) is 5.75 Å². The fraction of sp³-hybridized carbons (Fsp3) is 0.361. The zero-order valence-electron chi connectivity index (χ0n) is 26.9. The van der Waals surface area contributed by atoms with Gasteiger partial charge in [0.25, 0.3) is 0 Å². The molecule has 6 rings (SSSR count). The highest BCUT2D eigenvalue weighted by Crippen LogP contribution is 2.33. The van der Waals surface area contributed by atoms with Crippen molar-refractivity contribution in [2.45, 2.75) is 63.5 Å². The van der Waals surface area contributed by atoms with Crippen LogP contribution in [0.25, 0.3) is 11.2 Å².